The minimum absolute atomic E-state index is 0.0489. The average Bonchev–Trinajstić information content (AvgIpc) is 2.94. The van der Waals surface area contributed by atoms with E-state index in [2.05, 4.69) is 15.4 Å². The van der Waals surface area contributed by atoms with Crippen LogP contribution in [0.2, 0.25) is 0 Å². The van der Waals surface area contributed by atoms with Crippen LogP contribution in [0.4, 0.5) is 8.78 Å². The highest BCUT2D eigenvalue weighted by Crippen LogP contribution is 2.17. The molecule has 24 heavy (non-hydrogen) atoms. The molecule has 5 nitrogen and oxygen atoms in total. The predicted octanol–water partition coefficient (Wildman–Crippen LogP) is 2.69. The zero-order chi connectivity index (χ0) is 17.1. The van der Waals surface area contributed by atoms with Crippen LogP contribution in [0.15, 0.2) is 48.7 Å². The number of amides is 1. The van der Waals surface area contributed by atoms with E-state index in [4.69, 9.17) is 0 Å². The van der Waals surface area contributed by atoms with Gasteiger partial charge in [0.2, 0.25) is 0 Å². The van der Waals surface area contributed by atoms with Crippen molar-refractivity contribution in [1.29, 1.82) is 0 Å². The van der Waals surface area contributed by atoms with Gasteiger partial charge in [-0.25, -0.2) is 8.78 Å². The molecule has 1 amide bonds. The number of hydrogen-bond donors (Lipinski definition) is 1. The first-order valence-electron chi connectivity index (χ1n) is 7.23. The van der Waals surface area contributed by atoms with E-state index >= 15 is 0 Å². The van der Waals surface area contributed by atoms with Gasteiger partial charge in [0.05, 0.1) is 23.6 Å². The molecule has 3 aromatic rings. The number of rotatable bonds is 4. The number of carbonyl (C=O) groups is 1. The summed E-state index contributed by atoms with van der Waals surface area (Å²) in [6.45, 7) is 0.0489. The van der Waals surface area contributed by atoms with Crippen LogP contribution in [-0.2, 0) is 13.6 Å². The molecule has 0 atom stereocenters. The van der Waals surface area contributed by atoms with Crippen molar-refractivity contribution in [2.45, 2.75) is 6.54 Å². The van der Waals surface area contributed by atoms with Gasteiger partial charge in [-0.1, -0.05) is 12.1 Å². The molecule has 2 aromatic heterocycles. The minimum Gasteiger partial charge on any atom is -0.346 e. The van der Waals surface area contributed by atoms with Gasteiger partial charge in [-0.3, -0.25) is 14.5 Å². The first-order chi connectivity index (χ1) is 11.6. The lowest BCUT2D eigenvalue weighted by Gasteiger charge is -2.05. The smallest absolute Gasteiger partial charge is 0.257 e. The highest BCUT2D eigenvalue weighted by molar-refractivity contribution is 5.94. The molecule has 0 aliphatic heterocycles. The second kappa shape index (κ2) is 6.57. The quantitative estimate of drug-likeness (QED) is 0.801. The van der Waals surface area contributed by atoms with Crippen molar-refractivity contribution in [2.24, 2.45) is 7.05 Å². The summed E-state index contributed by atoms with van der Waals surface area (Å²) >= 11 is 0. The molecule has 1 aromatic carbocycles. The van der Waals surface area contributed by atoms with Crippen molar-refractivity contribution in [2.75, 3.05) is 0 Å². The molecular formula is C17H14F2N4O. The van der Waals surface area contributed by atoms with E-state index in [-0.39, 0.29) is 6.54 Å². The molecule has 0 radical (unpaired) electrons. The molecule has 0 unspecified atom stereocenters. The fourth-order valence-electron chi connectivity index (χ4n) is 2.34. The summed E-state index contributed by atoms with van der Waals surface area (Å²) in [7, 11) is 1.76. The van der Waals surface area contributed by atoms with Crippen molar-refractivity contribution in [3.05, 3.63) is 71.6 Å². The fourth-order valence-corrected chi connectivity index (χ4v) is 2.34. The van der Waals surface area contributed by atoms with E-state index in [1.807, 2.05) is 18.2 Å². The molecule has 7 heteroatoms. The van der Waals surface area contributed by atoms with Crippen molar-refractivity contribution < 1.29 is 13.6 Å². The standard InChI is InChI=1S/C17H14F2N4O/c1-23-15(14-7-2-3-8-20-14)9-11(22-23)10-21-17(24)16-12(18)5-4-6-13(16)19/h2-9H,10H2,1H3,(H,21,24). The van der Waals surface area contributed by atoms with Crippen LogP contribution in [0.5, 0.6) is 0 Å². The SMILES string of the molecule is Cn1nc(CNC(=O)c2c(F)cccc2F)cc1-c1ccccn1. The molecule has 0 fully saturated rings. The molecule has 1 N–H and O–H groups in total. The number of aromatic nitrogens is 3. The molecule has 0 spiro atoms. The Morgan fingerprint density at radius 3 is 2.58 bits per heavy atom. The monoisotopic (exact) mass is 328 g/mol. The van der Waals surface area contributed by atoms with Gasteiger partial charge in [-0.05, 0) is 30.3 Å². The number of carbonyl (C=O) groups excluding carboxylic acids is 1. The summed E-state index contributed by atoms with van der Waals surface area (Å²) in [6, 6.07) is 10.6. The van der Waals surface area contributed by atoms with Crippen molar-refractivity contribution in [3.63, 3.8) is 0 Å². The van der Waals surface area contributed by atoms with Gasteiger partial charge in [-0.2, -0.15) is 5.10 Å². The van der Waals surface area contributed by atoms with E-state index in [0.29, 0.717) is 5.69 Å². The van der Waals surface area contributed by atoms with Gasteiger partial charge < -0.3 is 5.32 Å². The van der Waals surface area contributed by atoms with Crippen molar-refractivity contribution >= 4 is 5.91 Å². The van der Waals surface area contributed by atoms with E-state index in [1.54, 1.807) is 24.0 Å². The zero-order valence-electron chi connectivity index (χ0n) is 12.8. The summed E-state index contributed by atoms with van der Waals surface area (Å²) in [5.41, 5.74) is 1.48. The van der Waals surface area contributed by atoms with Crippen molar-refractivity contribution in [3.8, 4) is 11.4 Å². The van der Waals surface area contributed by atoms with Crippen LogP contribution >= 0.6 is 0 Å². The zero-order valence-corrected chi connectivity index (χ0v) is 12.8. The molecule has 3 rings (SSSR count). The van der Waals surface area contributed by atoms with Gasteiger partial charge in [-0.15, -0.1) is 0 Å². The Bertz CT molecular complexity index is 857. The van der Waals surface area contributed by atoms with Gasteiger partial charge in [0, 0.05) is 13.2 Å². The largest absolute Gasteiger partial charge is 0.346 e. The third-order valence-electron chi connectivity index (χ3n) is 3.48. The van der Waals surface area contributed by atoms with Crippen LogP contribution in [0, 0.1) is 11.6 Å². The molecular weight excluding hydrogens is 314 g/mol. The van der Waals surface area contributed by atoms with Gasteiger partial charge in [0.1, 0.15) is 17.2 Å². The first kappa shape index (κ1) is 15.8. The third-order valence-corrected chi connectivity index (χ3v) is 3.48. The molecule has 2 heterocycles. The normalized spacial score (nSPS) is 10.6. The lowest BCUT2D eigenvalue weighted by Crippen LogP contribution is -2.25. The summed E-state index contributed by atoms with van der Waals surface area (Å²) in [5.74, 6) is -2.62. The van der Waals surface area contributed by atoms with Crippen LogP contribution in [0.3, 0.4) is 0 Å². The number of nitrogens with one attached hydrogen (secondary N) is 1. The van der Waals surface area contributed by atoms with E-state index in [1.165, 1.54) is 6.07 Å². The summed E-state index contributed by atoms with van der Waals surface area (Å²) in [6.07, 6.45) is 1.67. The number of hydrogen-bond acceptors (Lipinski definition) is 3. The van der Waals surface area contributed by atoms with Gasteiger partial charge >= 0.3 is 0 Å². The Morgan fingerprint density at radius 1 is 1.17 bits per heavy atom. The number of nitrogens with zero attached hydrogens (tertiary/aromatic N) is 3. The van der Waals surface area contributed by atoms with E-state index in [0.717, 1.165) is 23.5 Å². The molecule has 0 bridgehead atoms. The second-order valence-electron chi connectivity index (χ2n) is 5.14. The number of aryl methyl sites for hydroxylation is 1. The highest BCUT2D eigenvalue weighted by Gasteiger charge is 2.17. The maximum absolute atomic E-state index is 13.6. The fraction of sp³-hybridized carbons (Fsp3) is 0.118. The molecule has 0 aliphatic carbocycles. The van der Waals surface area contributed by atoms with Crippen molar-refractivity contribution in [1.82, 2.24) is 20.1 Å². The molecule has 0 saturated heterocycles. The van der Waals surface area contributed by atoms with E-state index in [9.17, 15) is 13.6 Å². The van der Waals surface area contributed by atoms with Crippen LogP contribution in [0.1, 0.15) is 16.1 Å². The number of halogens is 2. The summed E-state index contributed by atoms with van der Waals surface area (Å²) < 4.78 is 28.8. The number of benzene rings is 1. The predicted molar refractivity (Wildman–Crippen MR) is 84.0 cm³/mol. The third kappa shape index (κ3) is 3.15. The van der Waals surface area contributed by atoms with Crippen LogP contribution in [-0.4, -0.2) is 20.7 Å². The minimum atomic E-state index is -0.900. The maximum atomic E-state index is 13.6. The van der Waals surface area contributed by atoms with Gasteiger partial charge in [0.15, 0.2) is 0 Å². The summed E-state index contributed by atoms with van der Waals surface area (Å²) in [5, 5.41) is 6.75. The first-order valence-corrected chi connectivity index (χ1v) is 7.23. The molecule has 122 valence electrons. The maximum Gasteiger partial charge on any atom is 0.257 e. The van der Waals surface area contributed by atoms with Gasteiger partial charge in [0.25, 0.3) is 5.91 Å². The Balaban J connectivity index is 1.75. The number of pyridine rings is 1. The Kier molecular flexibility index (Phi) is 4.33. The topological polar surface area (TPSA) is 59.8 Å². The highest BCUT2D eigenvalue weighted by atomic mass is 19.1. The molecule has 0 saturated carbocycles. The Hall–Kier alpha value is -3.09. The van der Waals surface area contributed by atoms with Crippen LogP contribution < -0.4 is 5.32 Å². The lowest BCUT2D eigenvalue weighted by molar-refractivity contribution is 0.0942. The lowest BCUT2D eigenvalue weighted by atomic mass is 10.2. The molecule has 0 aliphatic rings. The average molecular weight is 328 g/mol. The van der Waals surface area contributed by atoms with Crippen LogP contribution in [0.25, 0.3) is 11.4 Å². The Morgan fingerprint density at radius 2 is 1.92 bits per heavy atom. The Labute approximate surface area is 137 Å². The second-order valence-corrected chi connectivity index (χ2v) is 5.14. The summed E-state index contributed by atoms with van der Waals surface area (Å²) in [4.78, 5) is 16.2. The van der Waals surface area contributed by atoms with E-state index < -0.39 is 23.1 Å².